The lowest BCUT2D eigenvalue weighted by molar-refractivity contribution is -0.112. The summed E-state index contributed by atoms with van der Waals surface area (Å²) in [5.41, 5.74) is 0. The predicted octanol–water partition coefficient (Wildman–Crippen LogP) is 2.40. The van der Waals surface area contributed by atoms with Crippen molar-refractivity contribution in [2.45, 2.75) is 38.5 Å². The van der Waals surface area contributed by atoms with Gasteiger partial charge in [-0.2, -0.15) is 0 Å². The van der Waals surface area contributed by atoms with Gasteiger partial charge in [0.1, 0.15) is 6.29 Å². The molecule has 0 unspecified atom stereocenters. The van der Waals surface area contributed by atoms with Crippen LogP contribution in [0.5, 0.6) is 0 Å². The Morgan fingerprint density at radius 3 is 1.64 bits per heavy atom. The minimum absolute atomic E-state index is 0.407. The maximum Gasteiger partial charge on any atom is 0.123 e. The van der Waals surface area contributed by atoms with E-state index in [1.165, 1.54) is 38.5 Å². The van der Waals surface area contributed by atoms with Crippen LogP contribution in [0.1, 0.15) is 38.5 Å². The Morgan fingerprint density at radius 2 is 1.27 bits per heavy atom. The quantitative estimate of drug-likeness (QED) is 0.555. The summed E-state index contributed by atoms with van der Waals surface area (Å²) in [5.74, 6) is 2.46. The molecule has 11 heavy (non-hydrogen) atoms. The first-order valence-electron chi connectivity index (χ1n) is 4.85. The number of aldehydes is 1. The summed E-state index contributed by atoms with van der Waals surface area (Å²) in [5, 5.41) is 0. The van der Waals surface area contributed by atoms with Gasteiger partial charge < -0.3 is 4.79 Å². The van der Waals surface area contributed by atoms with E-state index in [1.807, 2.05) is 0 Å². The summed E-state index contributed by atoms with van der Waals surface area (Å²) >= 11 is 0. The fourth-order valence-corrected chi connectivity index (χ4v) is 2.32. The van der Waals surface area contributed by atoms with Crippen LogP contribution in [-0.4, -0.2) is 6.29 Å². The van der Waals surface area contributed by atoms with Crippen LogP contribution in [0.2, 0.25) is 0 Å². The molecule has 0 N–H and O–H groups in total. The van der Waals surface area contributed by atoms with Gasteiger partial charge in [-0.25, -0.2) is 0 Å². The fraction of sp³-hybridized carbons (Fsp3) is 0.900. The average molecular weight is 152 g/mol. The van der Waals surface area contributed by atoms with Crippen LogP contribution in [-0.2, 0) is 4.79 Å². The topological polar surface area (TPSA) is 17.1 Å². The number of rotatable bonds is 2. The molecule has 2 fully saturated rings. The minimum Gasteiger partial charge on any atom is -0.303 e. The van der Waals surface area contributed by atoms with Crippen LogP contribution in [0.15, 0.2) is 0 Å². The molecule has 2 aliphatic rings. The maximum absolute atomic E-state index is 10.5. The van der Waals surface area contributed by atoms with Crippen molar-refractivity contribution in [1.82, 2.24) is 0 Å². The second kappa shape index (κ2) is 2.96. The summed E-state index contributed by atoms with van der Waals surface area (Å²) in [4.78, 5) is 10.5. The molecular weight excluding hydrogens is 136 g/mol. The zero-order valence-corrected chi connectivity index (χ0v) is 6.96. The number of carbonyl (C=O) groups is 1. The van der Waals surface area contributed by atoms with Crippen molar-refractivity contribution in [3.63, 3.8) is 0 Å². The monoisotopic (exact) mass is 152 g/mol. The lowest BCUT2D eigenvalue weighted by Crippen LogP contribution is -2.16. The van der Waals surface area contributed by atoms with Gasteiger partial charge in [0.15, 0.2) is 0 Å². The van der Waals surface area contributed by atoms with Gasteiger partial charge in [0.05, 0.1) is 0 Å². The highest BCUT2D eigenvalue weighted by Crippen LogP contribution is 2.44. The summed E-state index contributed by atoms with van der Waals surface area (Å²) in [6, 6.07) is 0. The van der Waals surface area contributed by atoms with Crippen molar-refractivity contribution >= 4 is 6.29 Å². The molecule has 0 aromatic heterocycles. The number of carbonyl (C=O) groups excluding carboxylic acids is 1. The van der Waals surface area contributed by atoms with Gasteiger partial charge in [-0.15, -0.1) is 0 Å². The molecule has 2 saturated carbocycles. The van der Waals surface area contributed by atoms with Crippen molar-refractivity contribution in [3.05, 3.63) is 0 Å². The third kappa shape index (κ3) is 1.63. The van der Waals surface area contributed by atoms with E-state index in [1.54, 1.807) is 0 Å². The van der Waals surface area contributed by atoms with Gasteiger partial charge >= 0.3 is 0 Å². The minimum atomic E-state index is 0.407. The van der Waals surface area contributed by atoms with Crippen molar-refractivity contribution in [3.8, 4) is 0 Å². The summed E-state index contributed by atoms with van der Waals surface area (Å²) in [6.07, 6.45) is 9.09. The van der Waals surface area contributed by atoms with Crippen LogP contribution in [0, 0.1) is 17.8 Å². The third-order valence-electron chi connectivity index (χ3n) is 3.30. The molecule has 1 heteroatoms. The molecule has 0 amide bonds. The predicted molar refractivity (Wildman–Crippen MR) is 44.2 cm³/mol. The van der Waals surface area contributed by atoms with Gasteiger partial charge in [-0.1, -0.05) is 0 Å². The molecule has 62 valence electrons. The lowest BCUT2D eigenvalue weighted by atomic mass is 9.80. The zero-order valence-electron chi connectivity index (χ0n) is 6.96. The lowest BCUT2D eigenvalue weighted by Gasteiger charge is -2.24. The molecule has 2 rings (SSSR count). The first-order chi connectivity index (χ1) is 5.40. The van der Waals surface area contributed by atoms with E-state index in [2.05, 4.69) is 0 Å². The Kier molecular flexibility index (Phi) is 1.97. The maximum atomic E-state index is 10.5. The van der Waals surface area contributed by atoms with Gasteiger partial charge in [0.25, 0.3) is 0 Å². The van der Waals surface area contributed by atoms with E-state index in [0.29, 0.717) is 5.92 Å². The van der Waals surface area contributed by atoms with E-state index in [-0.39, 0.29) is 0 Å². The number of hydrogen-bond acceptors (Lipinski definition) is 1. The van der Waals surface area contributed by atoms with Crippen molar-refractivity contribution in [2.75, 3.05) is 0 Å². The molecule has 0 atom stereocenters. The summed E-state index contributed by atoms with van der Waals surface area (Å²) < 4.78 is 0. The molecule has 0 radical (unpaired) electrons. The molecule has 0 aromatic rings. The highest BCUT2D eigenvalue weighted by molar-refractivity contribution is 5.53. The van der Waals surface area contributed by atoms with Crippen molar-refractivity contribution in [2.24, 2.45) is 17.8 Å². The molecule has 0 bridgehead atoms. The highest BCUT2D eigenvalue weighted by atomic mass is 16.1. The van der Waals surface area contributed by atoms with Crippen LogP contribution in [0.25, 0.3) is 0 Å². The van der Waals surface area contributed by atoms with E-state index < -0.39 is 0 Å². The Morgan fingerprint density at radius 1 is 0.818 bits per heavy atom. The highest BCUT2D eigenvalue weighted by Gasteiger charge is 2.33. The Hall–Kier alpha value is -0.330. The van der Waals surface area contributed by atoms with Crippen LogP contribution < -0.4 is 0 Å². The average Bonchev–Trinajstić information content (AvgIpc) is 2.87. The smallest absolute Gasteiger partial charge is 0.123 e. The SMILES string of the molecule is O=CC1CCC(C2CC2)CC1. The van der Waals surface area contributed by atoms with Gasteiger partial charge in [-0.05, 0) is 50.4 Å². The van der Waals surface area contributed by atoms with Gasteiger partial charge in [0, 0.05) is 5.92 Å². The number of hydrogen-bond donors (Lipinski definition) is 0. The first kappa shape index (κ1) is 7.33. The second-order valence-electron chi connectivity index (χ2n) is 4.15. The first-order valence-corrected chi connectivity index (χ1v) is 4.85. The second-order valence-corrected chi connectivity index (χ2v) is 4.15. The van der Waals surface area contributed by atoms with E-state index in [4.69, 9.17) is 0 Å². The largest absolute Gasteiger partial charge is 0.303 e. The molecule has 2 aliphatic carbocycles. The van der Waals surface area contributed by atoms with Crippen LogP contribution >= 0.6 is 0 Å². The Balaban J connectivity index is 1.79. The van der Waals surface area contributed by atoms with Crippen molar-refractivity contribution in [1.29, 1.82) is 0 Å². The molecule has 0 spiro atoms. The third-order valence-corrected chi connectivity index (χ3v) is 3.30. The standard InChI is InChI=1S/C10H16O/c11-7-8-1-3-9(4-2-8)10-5-6-10/h7-10H,1-6H2. The zero-order chi connectivity index (χ0) is 7.68. The van der Waals surface area contributed by atoms with Crippen LogP contribution in [0.3, 0.4) is 0 Å². The summed E-state index contributed by atoms with van der Waals surface area (Å²) in [6.45, 7) is 0. The Labute approximate surface area is 68.2 Å². The van der Waals surface area contributed by atoms with Gasteiger partial charge in [0.2, 0.25) is 0 Å². The molecule has 0 heterocycles. The molecule has 0 aromatic carbocycles. The van der Waals surface area contributed by atoms with Gasteiger partial charge in [-0.3, -0.25) is 0 Å². The molecule has 0 saturated heterocycles. The molecular formula is C10H16O. The molecule has 1 nitrogen and oxygen atoms in total. The molecule has 0 aliphatic heterocycles. The normalized spacial score (nSPS) is 38.5. The summed E-state index contributed by atoms with van der Waals surface area (Å²) in [7, 11) is 0. The van der Waals surface area contributed by atoms with E-state index in [9.17, 15) is 4.79 Å². The fourth-order valence-electron chi connectivity index (χ4n) is 2.32. The van der Waals surface area contributed by atoms with Crippen molar-refractivity contribution < 1.29 is 4.79 Å². The van der Waals surface area contributed by atoms with E-state index >= 15 is 0 Å². The van der Waals surface area contributed by atoms with Crippen LogP contribution in [0.4, 0.5) is 0 Å². The van der Waals surface area contributed by atoms with E-state index in [0.717, 1.165) is 18.1 Å². The Bertz CT molecular complexity index is 141.